The average Bonchev–Trinajstić information content (AvgIpc) is 2.52. The van der Waals surface area contributed by atoms with E-state index in [1.165, 1.54) is 45.6 Å². The molecule has 1 unspecified atom stereocenters. The Bertz CT molecular complexity index is 274. The Kier molecular flexibility index (Phi) is 15.9. The van der Waals surface area contributed by atoms with E-state index in [4.69, 9.17) is 0 Å². The molecule has 0 saturated heterocycles. The Balaban J connectivity index is 3.27. The van der Waals surface area contributed by atoms with Gasteiger partial charge in [0.05, 0.1) is 13.2 Å². The van der Waals surface area contributed by atoms with Crippen LogP contribution in [0.25, 0.3) is 0 Å². The van der Waals surface area contributed by atoms with E-state index in [0.717, 1.165) is 38.5 Å². The fourth-order valence-corrected chi connectivity index (χ4v) is 2.46. The highest BCUT2D eigenvalue weighted by Crippen LogP contribution is 2.12. The van der Waals surface area contributed by atoms with Crippen LogP contribution in [0.4, 0.5) is 0 Å². The second kappa shape index (κ2) is 16.5. The zero-order chi connectivity index (χ0) is 16.5. The van der Waals surface area contributed by atoms with E-state index in [1.807, 2.05) is 0 Å². The third kappa shape index (κ3) is 15.6. The first-order chi connectivity index (χ1) is 10.7. The summed E-state index contributed by atoms with van der Waals surface area (Å²) in [6, 6.07) is 0. The molecule has 0 fully saturated rings. The van der Waals surface area contributed by atoms with Crippen molar-refractivity contribution in [3.05, 3.63) is 12.2 Å². The van der Waals surface area contributed by atoms with Gasteiger partial charge in [0.25, 0.3) is 0 Å². The van der Waals surface area contributed by atoms with E-state index in [9.17, 15) is 9.90 Å². The molecule has 0 aromatic carbocycles. The summed E-state index contributed by atoms with van der Waals surface area (Å²) in [5.41, 5.74) is 0. The number of unbranched alkanes of at least 4 members (excludes halogenated alkanes) is 8. The molecule has 3 heteroatoms. The van der Waals surface area contributed by atoms with Gasteiger partial charge in [-0.15, -0.1) is 0 Å². The number of hydrogen-bond donors (Lipinski definition) is 1. The van der Waals surface area contributed by atoms with Crippen LogP contribution in [-0.4, -0.2) is 24.3 Å². The van der Waals surface area contributed by atoms with Gasteiger partial charge in [0.2, 0.25) is 0 Å². The van der Waals surface area contributed by atoms with E-state index < -0.39 is 0 Å². The van der Waals surface area contributed by atoms with Gasteiger partial charge in [-0.1, -0.05) is 64.0 Å². The summed E-state index contributed by atoms with van der Waals surface area (Å²) in [5.74, 6) is -0.106. The van der Waals surface area contributed by atoms with Gasteiger partial charge in [-0.2, -0.15) is 0 Å². The number of aliphatic hydroxyl groups excluding tert-OH is 1. The van der Waals surface area contributed by atoms with Crippen molar-refractivity contribution in [2.24, 2.45) is 0 Å². The van der Waals surface area contributed by atoms with Gasteiger partial charge in [0.1, 0.15) is 0 Å². The molecule has 0 aliphatic rings. The molecular weight excluding hydrogens is 276 g/mol. The first-order valence-corrected chi connectivity index (χ1v) is 9.10. The summed E-state index contributed by atoms with van der Waals surface area (Å²) in [5, 5.41) is 9.88. The number of allylic oxidation sites excluding steroid dienone is 1. The number of hydrogen-bond acceptors (Lipinski definition) is 3. The van der Waals surface area contributed by atoms with Crippen molar-refractivity contribution in [1.82, 2.24) is 0 Å². The van der Waals surface area contributed by atoms with Crippen LogP contribution in [0.15, 0.2) is 12.2 Å². The number of methoxy groups -OCH3 is 1. The number of carbonyl (C=O) groups excluding carboxylic acids is 1. The molecule has 0 spiro atoms. The predicted molar refractivity (Wildman–Crippen MR) is 92.9 cm³/mol. The normalized spacial score (nSPS) is 12.7. The largest absolute Gasteiger partial charge is 0.469 e. The maximum absolute atomic E-state index is 10.9. The smallest absolute Gasteiger partial charge is 0.305 e. The van der Waals surface area contributed by atoms with Crippen molar-refractivity contribution < 1.29 is 14.6 Å². The van der Waals surface area contributed by atoms with E-state index >= 15 is 0 Å². The molecule has 1 N–H and O–H groups in total. The third-order valence-electron chi connectivity index (χ3n) is 3.95. The SMILES string of the molecule is CCCCCC=CCC(O)CCCCCCCCC(=O)OC. The highest BCUT2D eigenvalue weighted by atomic mass is 16.5. The van der Waals surface area contributed by atoms with Gasteiger partial charge in [-0.3, -0.25) is 4.79 Å². The van der Waals surface area contributed by atoms with Gasteiger partial charge < -0.3 is 9.84 Å². The van der Waals surface area contributed by atoms with E-state index in [1.54, 1.807) is 0 Å². The molecule has 3 nitrogen and oxygen atoms in total. The second-order valence-corrected chi connectivity index (χ2v) is 6.09. The molecule has 0 amide bonds. The highest BCUT2D eigenvalue weighted by Gasteiger charge is 2.02. The fraction of sp³-hybridized carbons (Fsp3) is 0.842. The Morgan fingerprint density at radius 2 is 1.68 bits per heavy atom. The zero-order valence-corrected chi connectivity index (χ0v) is 14.7. The van der Waals surface area contributed by atoms with Gasteiger partial charge in [-0.25, -0.2) is 0 Å². The number of aliphatic hydroxyl groups is 1. The van der Waals surface area contributed by atoms with Crippen molar-refractivity contribution in [1.29, 1.82) is 0 Å². The fourth-order valence-electron chi connectivity index (χ4n) is 2.46. The highest BCUT2D eigenvalue weighted by molar-refractivity contribution is 5.68. The summed E-state index contributed by atoms with van der Waals surface area (Å²) in [4.78, 5) is 10.9. The average molecular weight is 312 g/mol. The lowest BCUT2D eigenvalue weighted by molar-refractivity contribution is -0.140. The van der Waals surface area contributed by atoms with Crippen LogP contribution in [0, 0.1) is 0 Å². The molecule has 0 aromatic rings. The minimum absolute atomic E-state index is 0.106. The van der Waals surface area contributed by atoms with Crippen LogP contribution in [0.2, 0.25) is 0 Å². The van der Waals surface area contributed by atoms with Gasteiger partial charge in [0, 0.05) is 6.42 Å². The van der Waals surface area contributed by atoms with Gasteiger partial charge in [0.15, 0.2) is 0 Å². The van der Waals surface area contributed by atoms with Crippen LogP contribution in [0.3, 0.4) is 0 Å². The van der Waals surface area contributed by atoms with Crippen LogP contribution in [0.5, 0.6) is 0 Å². The molecule has 130 valence electrons. The van der Waals surface area contributed by atoms with Gasteiger partial charge in [-0.05, 0) is 32.1 Å². The van der Waals surface area contributed by atoms with Crippen molar-refractivity contribution in [2.45, 2.75) is 96.5 Å². The van der Waals surface area contributed by atoms with Crippen LogP contribution in [-0.2, 0) is 9.53 Å². The van der Waals surface area contributed by atoms with E-state index in [2.05, 4.69) is 23.8 Å². The maximum Gasteiger partial charge on any atom is 0.305 e. The summed E-state index contributed by atoms with van der Waals surface area (Å²) >= 11 is 0. The lowest BCUT2D eigenvalue weighted by atomic mass is 10.0. The van der Waals surface area contributed by atoms with Crippen LogP contribution in [0.1, 0.15) is 90.4 Å². The Morgan fingerprint density at radius 1 is 1.00 bits per heavy atom. The predicted octanol–water partition coefficient (Wildman–Crippen LogP) is 5.17. The molecule has 0 saturated carbocycles. The number of esters is 1. The third-order valence-corrected chi connectivity index (χ3v) is 3.95. The van der Waals surface area contributed by atoms with Crippen molar-refractivity contribution in [2.75, 3.05) is 7.11 Å². The van der Waals surface area contributed by atoms with Gasteiger partial charge >= 0.3 is 5.97 Å². The lowest BCUT2D eigenvalue weighted by Crippen LogP contribution is -2.04. The Labute approximate surface area is 137 Å². The minimum Gasteiger partial charge on any atom is -0.469 e. The molecule has 0 aliphatic heterocycles. The maximum atomic E-state index is 10.9. The molecule has 0 radical (unpaired) electrons. The van der Waals surface area contributed by atoms with E-state index in [0.29, 0.717) is 6.42 Å². The van der Waals surface area contributed by atoms with E-state index in [-0.39, 0.29) is 12.1 Å². The van der Waals surface area contributed by atoms with Crippen molar-refractivity contribution in [3.63, 3.8) is 0 Å². The Hall–Kier alpha value is -0.830. The molecular formula is C19H36O3. The summed E-state index contributed by atoms with van der Waals surface area (Å²) in [6.07, 6.45) is 18.0. The second-order valence-electron chi connectivity index (χ2n) is 6.09. The topological polar surface area (TPSA) is 46.5 Å². The molecule has 0 heterocycles. The summed E-state index contributed by atoms with van der Waals surface area (Å²) in [6.45, 7) is 2.21. The number of carbonyl (C=O) groups is 1. The van der Waals surface area contributed by atoms with Crippen LogP contribution < -0.4 is 0 Å². The quantitative estimate of drug-likeness (QED) is 0.258. The first kappa shape index (κ1) is 21.2. The number of ether oxygens (including phenoxy) is 1. The number of rotatable bonds is 15. The molecule has 1 atom stereocenters. The Morgan fingerprint density at radius 3 is 2.36 bits per heavy atom. The van der Waals surface area contributed by atoms with Crippen molar-refractivity contribution >= 4 is 5.97 Å². The zero-order valence-electron chi connectivity index (χ0n) is 14.7. The molecule has 22 heavy (non-hydrogen) atoms. The standard InChI is InChI=1S/C19H36O3/c1-3-4-5-6-9-12-15-18(20)16-13-10-7-8-11-14-17-19(21)22-2/h9,12,18,20H,3-8,10-11,13-17H2,1-2H3. The van der Waals surface area contributed by atoms with Crippen molar-refractivity contribution in [3.8, 4) is 0 Å². The molecule has 0 aliphatic carbocycles. The molecule has 0 rings (SSSR count). The monoisotopic (exact) mass is 312 g/mol. The van der Waals surface area contributed by atoms with Crippen LogP contribution >= 0.6 is 0 Å². The molecule has 0 aromatic heterocycles. The molecule has 0 bridgehead atoms. The first-order valence-electron chi connectivity index (χ1n) is 9.10. The summed E-state index contributed by atoms with van der Waals surface area (Å²) in [7, 11) is 1.44. The lowest BCUT2D eigenvalue weighted by Gasteiger charge is -2.07. The minimum atomic E-state index is -0.179. The summed E-state index contributed by atoms with van der Waals surface area (Å²) < 4.78 is 4.61.